The van der Waals surface area contributed by atoms with E-state index in [1.54, 1.807) is 42.7 Å². The van der Waals surface area contributed by atoms with Gasteiger partial charge in [0.05, 0.1) is 11.0 Å². The van der Waals surface area contributed by atoms with Gasteiger partial charge in [0.1, 0.15) is 0 Å². The standard InChI is InChI=1S/C33H40N6O4S/c40-31(27-8-4-18-34-22-27)23-35-19-16-25-10-12-28(13-11-25)38-44(41,42)29-14-15-30-26(21-29)17-20-39(30)33-36-32(43-37-33)9-3-7-24-5-1-2-6-24/h4,8,10-15,18,21-22,24,31,35,38,40H,1-3,5-7,9,16-17,19-20,23H2/t31-/m0/s1. The van der Waals surface area contributed by atoms with Crippen LogP contribution in [0.3, 0.4) is 0 Å². The van der Waals surface area contributed by atoms with Crippen LogP contribution in [0.15, 0.2) is 76.4 Å². The number of rotatable bonds is 14. The highest BCUT2D eigenvalue weighted by molar-refractivity contribution is 7.92. The highest BCUT2D eigenvalue weighted by atomic mass is 32.2. The third-order valence-corrected chi connectivity index (χ3v) is 10.0. The highest BCUT2D eigenvalue weighted by Crippen LogP contribution is 2.35. The average molecular weight is 617 g/mol. The van der Waals surface area contributed by atoms with E-state index in [1.807, 2.05) is 29.2 Å². The van der Waals surface area contributed by atoms with Crippen LogP contribution in [0.4, 0.5) is 17.3 Å². The van der Waals surface area contributed by atoms with Gasteiger partial charge in [0.25, 0.3) is 16.0 Å². The van der Waals surface area contributed by atoms with Crippen molar-refractivity contribution < 1.29 is 18.0 Å². The van der Waals surface area contributed by atoms with Crippen LogP contribution >= 0.6 is 0 Å². The molecule has 1 saturated carbocycles. The Morgan fingerprint density at radius 1 is 1.07 bits per heavy atom. The molecule has 0 saturated heterocycles. The largest absolute Gasteiger partial charge is 0.387 e. The molecule has 1 aliphatic heterocycles. The molecule has 1 aliphatic carbocycles. The van der Waals surface area contributed by atoms with Gasteiger partial charge in [0, 0.05) is 48.8 Å². The lowest BCUT2D eigenvalue weighted by atomic mass is 10.0. The molecule has 3 N–H and O–H groups in total. The van der Waals surface area contributed by atoms with E-state index in [1.165, 1.54) is 32.1 Å². The van der Waals surface area contributed by atoms with Gasteiger partial charge < -0.3 is 19.8 Å². The lowest BCUT2D eigenvalue weighted by molar-refractivity contribution is 0.174. The number of hydrogen-bond donors (Lipinski definition) is 3. The number of pyridine rings is 1. The lowest BCUT2D eigenvalue weighted by Gasteiger charge is -2.15. The number of aromatic nitrogens is 3. The Labute approximate surface area is 259 Å². The van der Waals surface area contributed by atoms with Crippen molar-refractivity contribution in [3.8, 4) is 0 Å². The van der Waals surface area contributed by atoms with Crippen LogP contribution in [0.1, 0.15) is 67.2 Å². The van der Waals surface area contributed by atoms with E-state index in [0.717, 1.165) is 47.6 Å². The fraction of sp³-hybridized carbons (Fsp3) is 0.424. The molecule has 1 atom stereocenters. The zero-order chi connectivity index (χ0) is 30.4. The van der Waals surface area contributed by atoms with Gasteiger partial charge in [0.2, 0.25) is 5.89 Å². The number of fused-ring (bicyclic) bond motifs is 1. The van der Waals surface area contributed by atoms with E-state index in [0.29, 0.717) is 43.6 Å². The van der Waals surface area contributed by atoms with Crippen LogP contribution in [0.5, 0.6) is 0 Å². The van der Waals surface area contributed by atoms with Gasteiger partial charge in [-0.25, -0.2) is 8.42 Å². The van der Waals surface area contributed by atoms with Crippen molar-refractivity contribution >= 4 is 27.3 Å². The van der Waals surface area contributed by atoms with Crippen LogP contribution in [0, 0.1) is 5.92 Å². The molecule has 3 heterocycles. The predicted molar refractivity (Wildman–Crippen MR) is 169 cm³/mol. The van der Waals surface area contributed by atoms with Gasteiger partial charge in [-0.15, -0.1) is 0 Å². The molecule has 2 aromatic heterocycles. The third-order valence-electron chi connectivity index (χ3n) is 8.64. The lowest BCUT2D eigenvalue weighted by Crippen LogP contribution is -2.23. The summed E-state index contributed by atoms with van der Waals surface area (Å²) in [5.41, 5.74) is 4.19. The normalized spacial score (nSPS) is 15.9. The monoisotopic (exact) mass is 616 g/mol. The third kappa shape index (κ3) is 7.46. The minimum atomic E-state index is -3.76. The average Bonchev–Trinajstić information content (AvgIpc) is 3.82. The number of sulfonamides is 1. The van der Waals surface area contributed by atoms with E-state index >= 15 is 0 Å². The highest BCUT2D eigenvalue weighted by Gasteiger charge is 2.27. The van der Waals surface area contributed by atoms with Crippen molar-refractivity contribution in [2.24, 2.45) is 5.92 Å². The second-order valence-corrected chi connectivity index (χ2v) is 13.5. The Hall–Kier alpha value is -3.80. The SMILES string of the molecule is O=S(=O)(Nc1ccc(CCNC[C@H](O)c2cccnc2)cc1)c1ccc2c(c1)CCN2c1noc(CCCC2CCCC2)n1. The molecule has 0 amide bonds. The molecule has 2 aromatic carbocycles. The molecule has 0 radical (unpaired) electrons. The van der Waals surface area contributed by atoms with E-state index in [2.05, 4.69) is 25.2 Å². The smallest absolute Gasteiger partial charge is 0.270 e. The van der Waals surface area contributed by atoms with Crippen LogP contribution < -0.4 is 14.9 Å². The van der Waals surface area contributed by atoms with Crippen LogP contribution in [0.25, 0.3) is 0 Å². The molecule has 2 aliphatic rings. The summed E-state index contributed by atoms with van der Waals surface area (Å²) in [7, 11) is -3.76. The maximum absolute atomic E-state index is 13.2. The fourth-order valence-electron chi connectivity index (χ4n) is 6.17. The summed E-state index contributed by atoms with van der Waals surface area (Å²) in [6.07, 6.45) is 12.7. The molecular formula is C33H40N6O4S. The Balaban J connectivity index is 0.999. The molecule has 0 unspecified atom stereocenters. The molecule has 11 heteroatoms. The summed E-state index contributed by atoms with van der Waals surface area (Å²) in [5.74, 6) is 2.05. The van der Waals surface area contributed by atoms with E-state index in [-0.39, 0.29) is 4.90 Å². The molecule has 0 bridgehead atoms. The Morgan fingerprint density at radius 2 is 1.91 bits per heavy atom. The summed E-state index contributed by atoms with van der Waals surface area (Å²) in [5, 5.41) is 17.7. The number of nitrogens with one attached hydrogen (secondary N) is 2. The van der Waals surface area contributed by atoms with Gasteiger partial charge in [-0.1, -0.05) is 43.9 Å². The first kappa shape index (κ1) is 30.2. The summed E-state index contributed by atoms with van der Waals surface area (Å²) in [6.45, 7) is 1.78. The number of hydrogen-bond acceptors (Lipinski definition) is 9. The molecular weight excluding hydrogens is 576 g/mol. The van der Waals surface area contributed by atoms with Crippen molar-refractivity contribution in [3.05, 3.63) is 89.6 Å². The molecule has 1 fully saturated rings. The van der Waals surface area contributed by atoms with Crippen molar-refractivity contribution in [1.29, 1.82) is 0 Å². The maximum atomic E-state index is 13.2. The Bertz CT molecular complexity index is 1620. The van der Waals surface area contributed by atoms with Crippen LogP contribution in [0.2, 0.25) is 0 Å². The molecule has 44 heavy (non-hydrogen) atoms. The zero-order valence-electron chi connectivity index (χ0n) is 24.9. The molecule has 232 valence electrons. The summed E-state index contributed by atoms with van der Waals surface area (Å²) < 4.78 is 34.7. The first-order valence-electron chi connectivity index (χ1n) is 15.6. The predicted octanol–water partition coefficient (Wildman–Crippen LogP) is 5.34. The van der Waals surface area contributed by atoms with Gasteiger partial charge in [0.15, 0.2) is 0 Å². The first-order valence-corrected chi connectivity index (χ1v) is 17.1. The molecule has 10 nitrogen and oxygen atoms in total. The van der Waals surface area contributed by atoms with E-state index in [9.17, 15) is 13.5 Å². The van der Waals surface area contributed by atoms with E-state index in [4.69, 9.17) is 4.52 Å². The molecule has 6 rings (SSSR count). The number of aryl methyl sites for hydroxylation is 1. The zero-order valence-corrected chi connectivity index (χ0v) is 25.7. The van der Waals surface area contributed by atoms with Gasteiger partial charge in [-0.3, -0.25) is 9.71 Å². The van der Waals surface area contributed by atoms with Crippen molar-refractivity contribution in [2.75, 3.05) is 29.3 Å². The second kappa shape index (κ2) is 13.9. The number of nitrogens with zero attached hydrogens (tertiary/aromatic N) is 4. The van der Waals surface area contributed by atoms with Gasteiger partial charge in [-0.05, 0) is 90.8 Å². The fourth-order valence-corrected chi connectivity index (χ4v) is 7.28. The number of aliphatic hydroxyl groups is 1. The quantitative estimate of drug-likeness (QED) is 0.161. The van der Waals surface area contributed by atoms with Crippen molar-refractivity contribution in [2.45, 2.75) is 68.8 Å². The Kier molecular flexibility index (Phi) is 9.54. The first-order chi connectivity index (χ1) is 21.4. The molecule has 0 spiro atoms. The van der Waals surface area contributed by atoms with Gasteiger partial charge >= 0.3 is 0 Å². The number of benzene rings is 2. The number of aliphatic hydroxyl groups excluding tert-OH is 1. The Morgan fingerprint density at radius 3 is 2.70 bits per heavy atom. The minimum Gasteiger partial charge on any atom is -0.387 e. The van der Waals surface area contributed by atoms with E-state index < -0.39 is 16.1 Å². The number of anilines is 3. The topological polar surface area (TPSA) is 133 Å². The maximum Gasteiger partial charge on any atom is 0.270 e. The minimum absolute atomic E-state index is 0.222. The molecule has 4 aromatic rings. The summed E-state index contributed by atoms with van der Waals surface area (Å²) in [4.78, 5) is 10.9. The van der Waals surface area contributed by atoms with Crippen LogP contribution in [-0.4, -0.2) is 48.3 Å². The van der Waals surface area contributed by atoms with Crippen molar-refractivity contribution in [1.82, 2.24) is 20.4 Å². The second-order valence-electron chi connectivity index (χ2n) is 11.8. The van der Waals surface area contributed by atoms with Crippen molar-refractivity contribution in [3.63, 3.8) is 0 Å². The summed E-state index contributed by atoms with van der Waals surface area (Å²) >= 11 is 0. The van der Waals surface area contributed by atoms with Gasteiger partial charge in [-0.2, -0.15) is 4.98 Å². The summed E-state index contributed by atoms with van der Waals surface area (Å²) in [6, 6.07) is 16.2. The van der Waals surface area contributed by atoms with Crippen LogP contribution in [-0.2, 0) is 29.3 Å².